The third-order valence-corrected chi connectivity index (χ3v) is 2.74. The zero-order valence-corrected chi connectivity index (χ0v) is 12.2. The van der Waals surface area contributed by atoms with Crippen LogP contribution in [-0.4, -0.2) is 37.1 Å². The van der Waals surface area contributed by atoms with Crippen LogP contribution in [0.25, 0.3) is 0 Å². The van der Waals surface area contributed by atoms with Crippen molar-refractivity contribution in [2.75, 3.05) is 13.7 Å². The topological polar surface area (TPSA) is 50.7 Å². The molecule has 1 rings (SSSR count). The van der Waals surface area contributed by atoms with Crippen LogP contribution < -0.4 is 14.8 Å². The van der Waals surface area contributed by atoms with E-state index in [4.69, 9.17) is 14.6 Å². The minimum atomic E-state index is -4.71. The Morgan fingerprint density at radius 1 is 1.29 bits per heavy atom. The van der Waals surface area contributed by atoms with E-state index in [1.807, 2.05) is 13.8 Å². The van der Waals surface area contributed by atoms with Crippen LogP contribution in [0.5, 0.6) is 11.5 Å². The molecule has 0 saturated carbocycles. The molecular formula is C14H20F3NO3. The first-order valence-electron chi connectivity index (χ1n) is 6.52. The quantitative estimate of drug-likeness (QED) is 0.812. The summed E-state index contributed by atoms with van der Waals surface area (Å²) >= 11 is 0. The van der Waals surface area contributed by atoms with Crippen LogP contribution in [0.15, 0.2) is 18.2 Å². The Kier molecular flexibility index (Phi) is 6.29. The molecule has 0 aromatic heterocycles. The average molecular weight is 307 g/mol. The summed E-state index contributed by atoms with van der Waals surface area (Å²) in [6.07, 6.45) is -7.24. The maximum Gasteiger partial charge on any atom is 0.417 e. The Morgan fingerprint density at radius 3 is 2.48 bits per heavy atom. The van der Waals surface area contributed by atoms with E-state index in [1.54, 1.807) is 18.2 Å². The van der Waals surface area contributed by atoms with Crippen molar-refractivity contribution in [1.29, 1.82) is 0 Å². The molecule has 0 aliphatic rings. The van der Waals surface area contributed by atoms with E-state index in [2.05, 4.69) is 5.32 Å². The second-order valence-electron chi connectivity index (χ2n) is 4.85. The van der Waals surface area contributed by atoms with Crippen molar-refractivity contribution in [3.63, 3.8) is 0 Å². The van der Waals surface area contributed by atoms with Gasteiger partial charge in [-0.3, -0.25) is 0 Å². The van der Waals surface area contributed by atoms with Crippen molar-refractivity contribution >= 4 is 0 Å². The normalized spacial score (nSPS) is 13.3. The molecule has 1 atom stereocenters. The molecule has 0 radical (unpaired) electrons. The van der Waals surface area contributed by atoms with Crippen molar-refractivity contribution < 1.29 is 27.8 Å². The molecular weight excluding hydrogens is 287 g/mol. The van der Waals surface area contributed by atoms with Gasteiger partial charge in [-0.2, -0.15) is 13.2 Å². The first-order valence-corrected chi connectivity index (χ1v) is 6.52. The fourth-order valence-corrected chi connectivity index (χ4v) is 1.60. The van der Waals surface area contributed by atoms with Gasteiger partial charge in [0.2, 0.25) is 0 Å². The predicted molar refractivity (Wildman–Crippen MR) is 72.5 cm³/mol. The predicted octanol–water partition coefficient (Wildman–Crippen LogP) is 2.50. The summed E-state index contributed by atoms with van der Waals surface area (Å²) in [6, 6.07) is 5.26. The number of halogens is 3. The molecule has 0 fully saturated rings. The molecule has 0 aliphatic heterocycles. The number of hydrogen-bond acceptors (Lipinski definition) is 4. The highest BCUT2D eigenvalue weighted by Crippen LogP contribution is 2.32. The van der Waals surface area contributed by atoms with E-state index in [-0.39, 0.29) is 11.8 Å². The highest BCUT2D eigenvalue weighted by Gasteiger charge is 2.39. The van der Waals surface area contributed by atoms with Gasteiger partial charge in [0.15, 0.2) is 17.6 Å². The van der Waals surface area contributed by atoms with E-state index in [0.29, 0.717) is 17.9 Å². The number of hydrogen-bond donors (Lipinski definition) is 2. The summed E-state index contributed by atoms with van der Waals surface area (Å²) < 4.78 is 47.2. The van der Waals surface area contributed by atoms with Crippen LogP contribution in [0, 0.1) is 0 Å². The van der Waals surface area contributed by atoms with Crippen LogP contribution in [0.1, 0.15) is 19.4 Å². The lowest BCUT2D eigenvalue weighted by Crippen LogP contribution is -2.34. The summed E-state index contributed by atoms with van der Waals surface area (Å²) in [5, 5.41) is 12.2. The Morgan fingerprint density at radius 2 is 1.95 bits per heavy atom. The minimum absolute atomic E-state index is 0.205. The van der Waals surface area contributed by atoms with Gasteiger partial charge in [0, 0.05) is 18.2 Å². The Balaban J connectivity index is 2.86. The van der Waals surface area contributed by atoms with Crippen LogP contribution in [-0.2, 0) is 6.54 Å². The summed E-state index contributed by atoms with van der Waals surface area (Å²) in [6.45, 7) is 3.45. The Labute approximate surface area is 121 Å². The second-order valence-corrected chi connectivity index (χ2v) is 4.85. The first-order chi connectivity index (χ1) is 9.75. The van der Waals surface area contributed by atoms with Crippen molar-refractivity contribution in [3.8, 4) is 11.5 Å². The number of aliphatic hydroxyl groups excluding tert-OH is 1. The standard InChI is InChI=1S/C14H20F3NO3/c1-9(2)18-7-10-5-4-6-11(20-3)13(10)21-8-12(19)14(15,16)17/h4-6,9,12,18-19H,7-8H2,1-3H3. The maximum atomic E-state index is 12.3. The van der Waals surface area contributed by atoms with E-state index in [9.17, 15) is 13.2 Å². The molecule has 0 spiro atoms. The van der Waals surface area contributed by atoms with Crippen molar-refractivity contribution in [3.05, 3.63) is 23.8 Å². The Bertz CT molecular complexity index is 450. The summed E-state index contributed by atoms with van der Waals surface area (Å²) in [5.41, 5.74) is 0.664. The van der Waals surface area contributed by atoms with Gasteiger partial charge >= 0.3 is 6.18 Å². The van der Waals surface area contributed by atoms with Gasteiger partial charge < -0.3 is 19.9 Å². The van der Waals surface area contributed by atoms with Gasteiger partial charge in [0.25, 0.3) is 0 Å². The molecule has 120 valence electrons. The SMILES string of the molecule is COc1cccc(CNC(C)C)c1OCC(O)C(F)(F)F. The third-order valence-electron chi connectivity index (χ3n) is 2.74. The molecule has 0 heterocycles. The average Bonchev–Trinajstić information content (AvgIpc) is 2.41. The van der Waals surface area contributed by atoms with Gasteiger partial charge in [-0.1, -0.05) is 26.0 Å². The smallest absolute Gasteiger partial charge is 0.417 e. The molecule has 4 nitrogen and oxygen atoms in total. The van der Waals surface area contributed by atoms with Crippen LogP contribution in [0.4, 0.5) is 13.2 Å². The number of methoxy groups -OCH3 is 1. The summed E-state index contributed by atoms with van der Waals surface area (Å²) in [7, 11) is 1.40. The van der Waals surface area contributed by atoms with E-state index < -0.39 is 18.9 Å². The maximum absolute atomic E-state index is 12.3. The van der Waals surface area contributed by atoms with Gasteiger partial charge in [-0.25, -0.2) is 0 Å². The molecule has 2 N–H and O–H groups in total. The van der Waals surface area contributed by atoms with Crippen LogP contribution >= 0.6 is 0 Å². The summed E-state index contributed by atoms with van der Waals surface area (Å²) in [5.74, 6) is 0.531. The molecule has 1 aromatic carbocycles. The minimum Gasteiger partial charge on any atom is -0.493 e. The lowest BCUT2D eigenvalue weighted by atomic mass is 10.1. The third kappa shape index (κ3) is 5.43. The molecule has 0 aliphatic carbocycles. The molecule has 1 unspecified atom stereocenters. The number of alkyl halides is 3. The second kappa shape index (κ2) is 7.51. The fraction of sp³-hybridized carbons (Fsp3) is 0.571. The van der Waals surface area contributed by atoms with E-state index in [1.165, 1.54) is 7.11 Å². The first kappa shape index (κ1) is 17.6. The zero-order valence-electron chi connectivity index (χ0n) is 12.2. The number of rotatable bonds is 7. The molecule has 1 aromatic rings. The number of aliphatic hydroxyl groups is 1. The molecule has 0 bridgehead atoms. The van der Waals surface area contributed by atoms with Gasteiger partial charge in [-0.15, -0.1) is 0 Å². The highest BCUT2D eigenvalue weighted by atomic mass is 19.4. The van der Waals surface area contributed by atoms with Crippen molar-refractivity contribution in [2.24, 2.45) is 0 Å². The van der Waals surface area contributed by atoms with E-state index in [0.717, 1.165) is 0 Å². The lowest BCUT2D eigenvalue weighted by Gasteiger charge is -2.19. The van der Waals surface area contributed by atoms with Crippen molar-refractivity contribution in [2.45, 2.75) is 38.7 Å². The number of para-hydroxylation sites is 1. The monoisotopic (exact) mass is 307 g/mol. The number of ether oxygens (including phenoxy) is 2. The van der Waals surface area contributed by atoms with E-state index >= 15 is 0 Å². The highest BCUT2D eigenvalue weighted by molar-refractivity contribution is 5.46. The summed E-state index contributed by atoms with van der Waals surface area (Å²) in [4.78, 5) is 0. The molecule has 0 saturated heterocycles. The fourth-order valence-electron chi connectivity index (χ4n) is 1.60. The van der Waals surface area contributed by atoms with Gasteiger partial charge in [0.05, 0.1) is 7.11 Å². The van der Waals surface area contributed by atoms with Gasteiger partial charge in [0.1, 0.15) is 6.61 Å². The molecule has 7 heteroatoms. The Hall–Kier alpha value is -1.47. The molecule has 21 heavy (non-hydrogen) atoms. The number of benzene rings is 1. The lowest BCUT2D eigenvalue weighted by molar-refractivity contribution is -0.210. The molecule has 0 amide bonds. The van der Waals surface area contributed by atoms with Crippen LogP contribution in [0.3, 0.4) is 0 Å². The van der Waals surface area contributed by atoms with Gasteiger partial charge in [-0.05, 0) is 6.07 Å². The zero-order chi connectivity index (χ0) is 16.0. The van der Waals surface area contributed by atoms with Crippen molar-refractivity contribution in [1.82, 2.24) is 5.32 Å². The largest absolute Gasteiger partial charge is 0.493 e. The van der Waals surface area contributed by atoms with Crippen LogP contribution in [0.2, 0.25) is 0 Å². The number of nitrogens with one attached hydrogen (secondary N) is 1.